The van der Waals surface area contributed by atoms with Crippen LogP contribution in [0.15, 0.2) is 46.1 Å². The molecule has 14 heteroatoms. The number of anilines is 1. The van der Waals surface area contributed by atoms with Crippen LogP contribution < -0.4 is 14.8 Å². The molecule has 2 aromatic carbocycles. The van der Waals surface area contributed by atoms with Crippen molar-refractivity contribution < 1.29 is 26.0 Å². The second kappa shape index (κ2) is 11.8. The molecule has 3 aromatic rings. The van der Waals surface area contributed by atoms with Gasteiger partial charge in [-0.1, -0.05) is 23.2 Å². The van der Waals surface area contributed by atoms with Gasteiger partial charge in [-0.2, -0.15) is 0 Å². The fourth-order valence-corrected chi connectivity index (χ4v) is 5.62. The van der Waals surface area contributed by atoms with Gasteiger partial charge in [0.05, 0.1) is 16.3 Å². The molecule has 0 aliphatic carbocycles. The SMILES string of the molecule is CS(=O)(=O)CCNCCCc1cc(Cl)ccc1Oc1cc(F)c(S(=O)(=O)Nc2cscn2)cc1Cl. The first-order chi connectivity index (χ1) is 16.4. The molecule has 8 nitrogen and oxygen atoms in total. The molecule has 0 saturated carbocycles. The van der Waals surface area contributed by atoms with Crippen molar-refractivity contribution in [3.8, 4) is 11.5 Å². The number of nitrogens with zero attached hydrogens (tertiary/aromatic N) is 1. The van der Waals surface area contributed by atoms with E-state index in [9.17, 15) is 21.2 Å². The number of hydrogen-bond donors (Lipinski definition) is 2. The fourth-order valence-electron chi connectivity index (χ4n) is 3.00. The summed E-state index contributed by atoms with van der Waals surface area (Å²) in [5.74, 6) is -0.608. The van der Waals surface area contributed by atoms with Crippen molar-refractivity contribution in [1.29, 1.82) is 0 Å². The zero-order valence-corrected chi connectivity index (χ0v) is 22.4. The number of ether oxygens (including phenoxy) is 1. The zero-order chi connectivity index (χ0) is 25.6. The van der Waals surface area contributed by atoms with Gasteiger partial charge in [0.1, 0.15) is 32.0 Å². The van der Waals surface area contributed by atoms with Gasteiger partial charge in [0, 0.05) is 29.3 Å². The normalized spacial score (nSPS) is 12.0. The number of halogens is 3. The third-order valence-corrected chi connectivity index (χ3v) is 8.07. The Morgan fingerprint density at radius 3 is 2.54 bits per heavy atom. The van der Waals surface area contributed by atoms with Crippen molar-refractivity contribution in [3.05, 3.63) is 62.6 Å². The summed E-state index contributed by atoms with van der Waals surface area (Å²) in [4.78, 5) is 3.19. The van der Waals surface area contributed by atoms with Crippen molar-refractivity contribution in [1.82, 2.24) is 10.3 Å². The highest BCUT2D eigenvalue weighted by Crippen LogP contribution is 2.36. The van der Waals surface area contributed by atoms with E-state index >= 15 is 0 Å². The van der Waals surface area contributed by atoms with Gasteiger partial charge in [0.25, 0.3) is 10.0 Å². The minimum Gasteiger partial charge on any atom is -0.455 e. The van der Waals surface area contributed by atoms with Crippen LogP contribution >= 0.6 is 34.5 Å². The monoisotopic (exact) mass is 581 g/mol. The van der Waals surface area contributed by atoms with Crippen LogP contribution in [-0.2, 0) is 26.3 Å². The Hall–Kier alpha value is -1.96. The molecular weight excluding hydrogens is 560 g/mol. The van der Waals surface area contributed by atoms with Crippen LogP contribution in [-0.4, -0.2) is 46.9 Å². The van der Waals surface area contributed by atoms with E-state index in [4.69, 9.17) is 27.9 Å². The molecule has 0 radical (unpaired) electrons. The summed E-state index contributed by atoms with van der Waals surface area (Å²) in [6.07, 6.45) is 2.37. The standard InChI is InChI=1S/C21H22Cl2FN3O5S3/c1-34(28,29)8-7-25-6-2-3-14-9-15(22)4-5-18(14)32-19-11-17(24)20(10-16(19)23)35(30,31)27-21-12-33-13-26-21/h4-5,9-13,25,27H,2-3,6-8H2,1H3. The van der Waals surface area contributed by atoms with Crippen LogP contribution in [0.1, 0.15) is 12.0 Å². The van der Waals surface area contributed by atoms with Crippen LogP contribution in [0.4, 0.5) is 10.2 Å². The summed E-state index contributed by atoms with van der Waals surface area (Å²) in [5, 5.41) is 4.90. The van der Waals surface area contributed by atoms with Crippen LogP contribution in [0.5, 0.6) is 11.5 Å². The number of benzene rings is 2. The molecule has 0 spiro atoms. The number of thiazole rings is 1. The third kappa shape index (κ3) is 8.29. The molecule has 0 aliphatic heterocycles. The van der Waals surface area contributed by atoms with E-state index in [1.54, 1.807) is 18.2 Å². The molecule has 0 atom stereocenters. The van der Waals surface area contributed by atoms with Crippen LogP contribution in [0.25, 0.3) is 0 Å². The Bertz CT molecular complexity index is 1390. The third-order valence-electron chi connectivity index (χ3n) is 4.64. The molecule has 0 unspecified atom stereocenters. The lowest BCUT2D eigenvalue weighted by Gasteiger charge is -2.14. The van der Waals surface area contributed by atoms with Gasteiger partial charge < -0.3 is 10.1 Å². The summed E-state index contributed by atoms with van der Waals surface area (Å²) in [6, 6.07) is 6.79. The molecule has 2 N–H and O–H groups in total. The van der Waals surface area contributed by atoms with Crippen molar-refractivity contribution in [2.24, 2.45) is 0 Å². The molecule has 0 bridgehead atoms. The number of rotatable bonds is 12. The highest BCUT2D eigenvalue weighted by Gasteiger charge is 2.23. The Balaban J connectivity index is 1.72. The fraction of sp³-hybridized carbons (Fsp3) is 0.286. The number of aryl methyl sites for hydroxylation is 1. The minimum absolute atomic E-state index is 0.0492. The number of aromatic nitrogens is 1. The molecule has 190 valence electrons. The number of nitrogens with one attached hydrogen (secondary N) is 2. The zero-order valence-electron chi connectivity index (χ0n) is 18.4. The van der Waals surface area contributed by atoms with Crippen LogP contribution in [0, 0.1) is 5.82 Å². The summed E-state index contributed by atoms with van der Waals surface area (Å²) in [5.41, 5.74) is 2.16. The van der Waals surface area contributed by atoms with Crippen molar-refractivity contribution in [3.63, 3.8) is 0 Å². The number of hydrogen-bond acceptors (Lipinski definition) is 8. The summed E-state index contributed by atoms with van der Waals surface area (Å²) in [6.45, 7) is 0.911. The average Bonchev–Trinajstić information content (AvgIpc) is 3.26. The van der Waals surface area contributed by atoms with E-state index < -0.39 is 30.6 Å². The lowest BCUT2D eigenvalue weighted by atomic mass is 10.1. The van der Waals surface area contributed by atoms with Gasteiger partial charge in [-0.15, -0.1) is 11.3 Å². The molecule has 0 fully saturated rings. The van der Waals surface area contributed by atoms with Gasteiger partial charge in [-0.3, -0.25) is 4.72 Å². The number of sulfonamides is 1. The van der Waals surface area contributed by atoms with Crippen molar-refractivity contribution in [2.75, 3.05) is 29.8 Å². The molecule has 1 heterocycles. The largest absolute Gasteiger partial charge is 0.455 e. The predicted octanol–water partition coefficient (Wildman–Crippen LogP) is 4.75. The first-order valence-electron chi connectivity index (χ1n) is 10.2. The van der Waals surface area contributed by atoms with E-state index in [0.717, 1.165) is 17.7 Å². The lowest BCUT2D eigenvalue weighted by molar-refractivity contribution is 0.466. The maximum absolute atomic E-state index is 14.8. The number of sulfone groups is 1. The first-order valence-corrected chi connectivity index (χ1v) is 15.4. The highest BCUT2D eigenvalue weighted by molar-refractivity contribution is 7.92. The molecule has 0 amide bonds. The van der Waals surface area contributed by atoms with E-state index in [2.05, 4.69) is 15.0 Å². The Labute approximate surface area is 217 Å². The maximum Gasteiger partial charge on any atom is 0.266 e. The van der Waals surface area contributed by atoms with Gasteiger partial charge >= 0.3 is 0 Å². The first kappa shape index (κ1) is 27.6. The van der Waals surface area contributed by atoms with E-state index in [0.29, 0.717) is 36.7 Å². The topological polar surface area (TPSA) is 114 Å². The highest BCUT2D eigenvalue weighted by atomic mass is 35.5. The van der Waals surface area contributed by atoms with E-state index in [-0.39, 0.29) is 22.3 Å². The Morgan fingerprint density at radius 1 is 1.09 bits per heavy atom. The van der Waals surface area contributed by atoms with Gasteiger partial charge in [-0.05, 0) is 49.2 Å². The predicted molar refractivity (Wildman–Crippen MR) is 137 cm³/mol. The van der Waals surface area contributed by atoms with Crippen LogP contribution in [0.2, 0.25) is 10.0 Å². The van der Waals surface area contributed by atoms with Crippen LogP contribution in [0.3, 0.4) is 0 Å². The van der Waals surface area contributed by atoms with Crippen molar-refractivity contribution in [2.45, 2.75) is 17.7 Å². The smallest absolute Gasteiger partial charge is 0.266 e. The van der Waals surface area contributed by atoms with Gasteiger partial charge in [0.2, 0.25) is 0 Å². The molecular formula is C21H22Cl2FN3O5S3. The van der Waals surface area contributed by atoms with Gasteiger partial charge in [-0.25, -0.2) is 26.2 Å². The maximum atomic E-state index is 14.8. The summed E-state index contributed by atoms with van der Waals surface area (Å²) in [7, 11) is -7.28. The average molecular weight is 583 g/mol. The second-order valence-corrected chi connectivity index (χ2v) is 13.0. The second-order valence-electron chi connectivity index (χ2n) is 7.53. The molecule has 1 aromatic heterocycles. The van der Waals surface area contributed by atoms with E-state index in [1.807, 2.05) is 0 Å². The summed E-state index contributed by atoms with van der Waals surface area (Å²) >= 11 is 13.5. The summed E-state index contributed by atoms with van der Waals surface area (Å²) < 4.78 is 70.3. The van der Waals surface area contributed by atoms with Crippen molar-refractivity contribution >= 4 is 60.2 Å². The minimum atomic E-state index is -4.25. The van der Waals surface area contributed by atoms with Gasteiger partial charge in [0.15, 0.2) is 5.82 Å². The molecule has 35 heavy (non-hydrogen) atoms. The Kier molecular flexibility index (Phi) is 9.35. The molecule has 3 rings (SSSR count). The molecule has 0 saturated heterocycles. The molecule has 0 aliphatic rings. The quantitative estimate of drug-likeness (QED) is 0.296. The Morgan fingerprint density at radius 2 is 1.86 bits per heavy atom. The van der Waals surface area contributed by atoms with E-state index in [1.165, 1.54) is 28.5 Å². The lowest BCUT2D eigenvalue weighted by Crippen LogP contribution is -2.23.